The summed E-state index contributed by atoms with van der Waals surface area (Å²) in [4.78, 5) is 10.8. The lowest BCUT2D eigenvalue weighted by Gasteiger charge is -2.33. The van der Waals surface area contributed by atoms with Crippen molar-refractivity contribution in [3.05, 3.63) is 0 Å². The van der Waals surface area contributed by atoms with Crippen molar-refractivity contribution in [3.63, 3.8) is 0 Å². The Kier molecular flexibility index (Phi) is 2.28. The van der Waals surface area contributed by atoms with Crippen LogP contribution in [0.2, 0.25) is 0 Å². The number of rotatable bonds is 1. The number of hydrogen-bond acceptors (Lipinski definition) is 2. The number of aliphatic carboxylic acids is 1. The molecule has 0 aromatic rings. The van der Waals surface area contributed by atoms with E-state index in [1.54, 1.807) is 0 Å². The average molecular weight is 183 g/mol. The molecule has 1 saturated carbocycles. The third kappa shape index (κ3) is 1.70. The van der Waals surface area contributed by atoms with E-state index in [0.717, 1.165) is 32.4 Å². The van der Waals surface area contributed by atoms with E-state index in [1.807, 2.05) is 0 Å². The first-order valence-corrected chi connectivity index (χ1v) is 5.15. The molecule has 0 amide bonds. The van der Waals surface area contributed by atoms with Crippen LogP contribution >= 0.6 is 0 Å². The summed E-state index contributed by atoms with van der Waals surface area (Å²) in [5.74, 6) is -0.645. The Bertz CT molecular complexity index is 209. The summed E-state index contributed by atoms with van der Waals surface area (Å²) in [6, 6.07) is 0. The molecular weight excluding hydrogens is 166 g/mol. The van der Waals surface area contributed by atoms with E-state index >= 15 is 0 Å². The molecule has 3 nitrogen and oxygen atoms in total. The third-order valence-electron chi connectivity index (χ3n) is 3.72. The van der Waals surface area contributed by atoms with Crippen LogP contribution in [0.1, 0.15) is 32.1 Å². The van der Waals surface area contributed by atoms with Crippen molar-refractivity contribution in [1.82, 2.24) is 5.32 Å². The molecule has 1 saturated heterocycles. The molecule has 2 N–H and O–H groups in total. The lowest BCUT2D eigenvalue weighted by Crippen LogP contribution is -2.35. The van der Waals surface area contributed by atoms with Gasteiger partial charge >= 0.3 is 5.97 Å². The third-order valence-corrected chi connectivity index (χ3v) is 3.72. The molecule has 13 heavy (non-hydrogen) atoms. The monoisotopic (exact) mass is 183 g/mol. The van der Waals surface area contributed by atoms with Gasteiger partial charge in [0.2, 0.25) is 0 Å². The molecule has 0 aromatic heterocycles. The number of carboxylic acid groups (broad SMARTS) is 1. The zero-order valence-corrected chi connectivity index (χ0v) is 7.88. The van der Waals surface area contributed by atoms with Crippen LogP contribution in [-0.4, -0.2) is 24.2 Å². The van der Waals surface area contributed by atoms with E-state index in [9.17, 15) is 4.79 Å². The first-order valence-electron chi connectivity index (χ1n) is 5.15. The molecular formula is C10H17NO2. The normalized spacial score (nSPS) is 32.2. The lowest BCUT2D eigenvalue weighted by atomic mass is 9.77. The fraction of sp³-hybridized carbons (Fsp3) is 0.900. The van der Waals surface area contributed by atoms with Crippen LogP contribution in [0.4, 0.5) is 0 Å². The minimum atomic E-state index is -0.588. The summed E-state index contributed by atoms with van der Waals surface area (Å²) in [6.45, 7) is 2.15. The van der Waals surface area contributed by atoms with E-state index < -0.39 is 5.97 Å². The summed E-state index contributed by atoms with van der Waals surface area (Å²) < 4.78 is 0. The summed E-state index contributed by atoms with van der Waals surface area (Å²) in [7, 11) is 0. The maximum atomic E-state index is 10.8. The maximum absolute atomic E-state index is 10.8. The first-order chi connectivity index (χ1) is 6.22. The van der Waals surface area contributed by atoms with Gasteiger partial charge in [-0.25, -0.2) is 0 Å². The van der Waals surface area contributed by atoms with Gasteiger partial charge in [-0.05, 0) is 50.6 Å². The van der Waals surface area contributed by atoms with Gasteiger partial charge < -0.3 is 10.4 Å². The molecule has 0 aromatic carbocycles. The highest BCUT2D eigenvalue weighted by atomic mass is 16.4. The Morgan fingerprint density at radius 3 is 2.54 bits per heavy atom. The Morgan fingerprint density at radius 1 is 1.31 bits per heavy atom. The summed E-state index contributed by atoms with van der Waals surface area (Å²) >= 11 is 0. The van der Waals surface area contributed by atoms with Crippen molar-refractivity contribution in [2.45, 2.75) is 32.1 Å². The lowest BCUT2D eigenvalue weighted by molar-refractivity contribution is -0.141. The molecule has 74 valence electrons. The Balaban J connectivity index is 1.98. The van der Waals surface area contributed by atoms with Crippen LogP contribution in [0.5, 0.6) is 0 Å². The molecule has 1 aliphatic heterocycles. The zero-order valence-electron chi connectivity index (χ0n) is 7.88. The van der Waals surface area contributed by atoms with Gasteiger partial charge in [-0.3, -0.25) is 4.79 Å². The highest BCUT2D eigenvalue weighted by molar-refractivity contribution is 5.70. The standard InChI is InChI=1S/C10H17NO2/c12-9(13)8-1-2-10(7-8)3-5-11-6-4-10/h8,11H,1-7H2,(H,12,13)/t8-/m1/s1. The van der Waals surface area contributed by atoms with Gasteiger partial charge in [-0.1, -0.05) is 0 Å². The van der Waals surface area contributed by atoms with Gasteiger partial charge in [0.05, 0.1) is 5.92 Å². The molecule has 3 heteroatoms. The molecule has 2 rings (SSSR count). The molecule has 1 heterocycles. The van der Waals surface area contributed by atoms with E-state index in [1.165, 1.54) is 12.8 Å². The van der Waals surface area contributed by atoms with Crippen LogP contribution in [0.3, 0.4) is 0 Å². The van der Waals surface area contributed by atoms with E-state index in [-0.39, 0.29) is 5.92 Å². The number of nitrogens with one attached hydrogen (secondary N) is 1. The second-order valence-electron chi connectivity index (χ2n) is 4.53. The molecule has 1 atom stereocenters. The van der Waals surface area contributed by atoms with Gasteiger partial charge in [0.15, 0.2) is 0 Å². The predicted octanol–water partition coefficient (Wildman–Crippen LogP) is 1.24. The van der Waals surface area contributed by atoms with Crippen LogP contribution in [0.15, 0.2) is 0 Å². The predicted molar refractivity (Wildman–Crippen MR) is 49.5 cm³/mol. The SMILES string of the molecule is O=C(O)[C@@H]1CCC2(CCNCC2)C1. The number of carbonyl (C=O) groups is 1. The van der Waals surface area contributed by atoms with Crippen molar-refractivity contribution in [2.24, 2.45) is 11.3 Å². The fourth-order valence-corrected chi connectivity index (χ4v) is 2.83. The van der Waals surface area contributed by atoms with Crippen LogP contribution in [0, 0.1) is 11.3 Å². The molecule has 1 spiro atoms. The van der Waals surface area contributed by atoms with Crippen molar-refractivity contribution < 1.29 is 9.90 Å². The Labute approximate surface area is 78.5 Å². The number of carboxylic acids is 1. The Morgan fingerprint density at radius 2 is 2.00 bits per heavy atom. The molecule has 0 unspecified atom stereocenters. The average Bonchev–Trinajstić information content (AvgIpc) is 2.51. The van der Waals surface area contributed by atoms with Crippen molar-refractivity contribution in [1.29, 1.82) is 0 Å². The van der Waals surface area contributed by atoms with Gasteiger partial charge in [0, 0.05) is 0 Å². The second kappa shape index (κ2) is 3.29. The van der Waals surface area contributed by atoms with Crippen molar-refractivity contribution in [2.75, 3.05) is 13.1 Å². The molecule has 2 fully saturated rings. The van der Waals surface area contributed by atoms with Crippen LogP contribution < -0.4 is 5.32 Å². The van der Waals surface area contributed by atoms with E-state index in [4.69, 9.17) is 5.11 Å². The van der Waals surface area contributed by atoms with Gasteiger partial charge in [-0.15, -0.1) is 0 Å². The van der Waals surface area contributed by atoms with Crippen LogP contribution in [-0.2, 0) is 4.79 Å². The topological polar surface area (TPSA) is 49.3 Å². The van der Waals surface area contributed by atoms with E-state index in [2.05, 4.69) is 5.32 Å². The highest BCUT2D eigenvalue weighted by Crippen LogP contribution is 2.47. The minimum absolute atomic E-state index is 0.0573. The van der Waals surface area contributed by atoms with Gasteiger partial charge in [-0.2, -0.15) is 0 Å². The fourth-order valence-electron chi connectivity index (χ4n) is 2.83. The molecule has 2 aliphatic rings. The second-order valence-corrected chi connectivity index (χ2v) is 4.53. The van der Waals surface area contributed by atoms with Crippen LogP contribution in [0.25, 0.3) is 0 Å². The minimum Gasteiger partial charge on any atom is -0.481 e. The largest absolute Gasteiger partial charge is 0.481 e. The first kappa shape index (κ1) is 9.00. The molecule has 1 aliphatic carbocycles. The zero-order chi connectivity index (χ0) is 9.31. The number of piperidine rings is 1. The highest BCUT2D eigenvalue weighted by Gasteiger charge is 2.42. The summed E-state index contributed by atoms with van der Waals surface area (Å²) in [5, 5.41) is 12.2. The van der Waals surface area contributed by atoms with E-state index in [0.29, 0.717) is 5.41 Å². The van der Waals surface area contributed by atoms with Crippen molar-refractivity contribution in [3.8, 4) is 0 Å². The maximum Gasteiger partial charge on any atom is 0.306 e. The quantitative estimate of drug-likeness (QED) is 0.643. The smallest absolute Gasteiger partial charge is 0.306 e. The molecule has 0 radical (unpaired) electrons. The van der Waals surface area contributed by atoms with Crippen molar-refractivity contribution >= 4 is 5.97 Å². The summed E-state index contributed by atoms with van der Waals surface area (Å²) in [5.41, 5.74) is 0.383. The van der Waals surface area contributed by atoms with Gasteiger partial charge in [0.1, 0.15) is 0 Å². The Hall–Kier alpha value is -0.570. The van der Waals surface area contributed by atoms with Gasteiger partial charge in [0.25, 0.3) is 0 Å². The number of hydrogen-bond donors (Lipinski definition) is 2. The molecule has 0 bridgehead atoms. The summed E-state index contributed by atoms with van der Waals surface area (Å²) in [6.07, 6.45) is 5.30.